The summed E-state index contributed by atoms with van der Waals surface area (Å²) in [4.78, 5) is 0. The van der Waals surface area contributed by atoms with Crippen molar-refractivity contribution >= 4 is 20.2 Å². The first-order chi connectivity index (χ1) is 14.9. The Balaban J connectivity index is 0.00000544. The number of aryl methyl sites for hydroxylation is 1. The van der Waals surface area contributed by atoms with Crippen molar-refractivity contribution in [2.45, 2.75) is 25.7 Å². The number of ether oxygens (including phenoxy) is 2. The van der Waals surface area contributed by atoms with Crippen molar-refractivity contribution in [1.82, 2.24) is 0 Å². The van der Waals surface area contributed by atoms with E-state index >= 15 is 0 Å². The predicted molar refractivity (Wildman–Crippen MR) is 116 cm³/mol. The van der Waals surface area contributed by atoms with Crippen LogP contribution in [0, 0.1) is 5.92 Å². The molecule has 2 aromatic carbocycles. The third-order valence-corrected chi connectivity index (χ3v) is 6.64. The fourth-order valence-corrected chi connectivity index (χ4v) is 4.88. The number of phenolic OH excluding ortho intramolecular Hbond substituents is 1. The van der Waals surface area contributed by atoms with Gasteiger partial charge in [-0.25, -0.2) is 16.8 Å². The summed E-state index contributed by atoms with van der Waals surface area (Å²) in [5.41, 5.74) is 1.86. The molecule has 0 aliphatic heterocycles. The smallest absolute Gasteiger partial charge is 0.748 e. The van der Waals surface area contributed by atoms with Crippen LogP contribution in [0.3, 0.4) is 0 Å². The van der Waals surface area contributed by atoms with Gasteiger partial charge in [0.1, 0.15) is 5.75 Å². The summed E-state index contributed by atoms with van der Waals surface area (Å²) in [5.74, 6) is -1.15. The first-order valence-corrected chi connectivity index (χ1v) is 12.9. The monoisotopic (exact) mass is 532 g/mol. The average molecular weight is 533 g/mol. The fourth-order valence-electron chi connectivity index (χ4n) is 3.56. The van der Waals surface area contributed by atoms with Crippen LogP contribution in [0.4, 0.5) is 0 Å². The van der Waals surface area contributed by atoms with Crippen LogP contribution in [0.2, 0.25) is 0 Å². The molecule has 1 N–H and O–H groups in total. The van der Waals surface area contributed by atoms with Crippen molar-refractivity contribution in [3.05, 3.63) is 53.1 Å². The van der Waals surface area contributed by atoms with Crippen molar-refractivity contribution < 1.29 is 99.6 Å². The van der Waals surface area contributed by atoms with E-state index in [1.807, 2.05) is 0 Å². The van der Waals surface area contributed by atoms with Crippen LogP contribution >= 0.6 is 0 Å². The van der Waals surface area contributed by atoms with Crippen molar-refractivity contribution in [1.29, 1.82) is 0 Å². The molecule has 0 heterocycles. The van der Waals surface area contributed by atoms with E-state index < -0.39 is 37.7 Å². The van der Waals surface area contributed by atoms with Gasteiger partial charge in [0.2, 0.25) is 0 Å². The summed E-state index contributed by atoms with van der Waals surface area (Å²) < 4.78 is 77.3. The molecule has 13 heteroatoms. The molecule has 0 radical (unpaired) electrons. The van der Waals surface area contributed by atoms with E-state index in [9.17, 15) is 31.0 Å². The Labute approximate surface area is 245 Å². The molecule has 0 aromatic heterocycles. The number of benzene rings is 2. The Morgan fingerprint density at radius 2 is 1.50 bits per heavy atom. The second-order valence-corrected chi connectivity index (χ2v) is 10.5. The van der Waals surface area contributed by atoms with Gasteiger partial charge in [0, 0.05) is 11.5 Å². The van der Waals surface area contributed by atoms with Crippen LogP contribution in [0.15, 0.2) is 36.4 Å². The van der Waals surface area contributed by atoms with E-state index in [1.54, 1.807) is 36.4 Å². The molecule has 0 amide bonds. The first kappa shape index (κ1) is 33.7. The van der Waals surface area contributed by atoms with Gasteiger partial charge in [-0.1, -0.05) is 24.3 Å². The standard InChI is InChI=1S/C21H28O9S2.2Na/c1-29-19-7-3-6-18(21(19)22)12-16(14-32(26,27)28)11-17-9-8-15(13-20(17)30-2)5-4-10-31(23,24)25;;/h3,6-9,13,16,22H,4-5,10-12,14H2,1-2H3,(H,23,24,25)(H,26,27,28);;/q;2*+1/p-2. The summed E-state index contributed by atoms with van der Waals surface area (Å²) in [5, 5.41) is 10.3. The minimum Gasteiger partial charge on any atom is -0.748 e. The second-order valence-electron chi connectivity index (χ2n) is 7.48. The van der Waals surface area contributed by atoms with Crippen LogP contribution in [-0.2, 0) is 39.5 Å². The Bertz CT molecular complexity index is 1140. The molecular formula is C21H26Na2O9S2. The molecule has 9 nitrogen and oxygen atoms in total. The first-order valence-electron chi connectivity index (χ1n) is 9.79. The molecule has 34 heavy (non-hydrogen) atoms. The maximum Gasteiger partial charge on any atom is 1.00 e. The molecule has 2 aromatic rings. The summed E-state index contributed by atoms with van der Waals surface area (Å²) in [6, 6.07) is 10.0. The number of para-hydroxylation sites is 1. The van der Waals surface area contributed by atoms with Crippen LogP contribution in [0.25, 0.3) is 0 Å². The largest absolute Gasteiger partial charge is 1.00 e. The molecule has 2 rings (SSSR count). The number of hydrogen-bond acceptors (Lipinski definition) is 9. The minimum atomic E-state index is -4.54. The van der Waals surface area contributed by atoms with E-state index in [2.05, 4.69) is 0 Å². The van der Waals surface area contributed by atoms with Crippen molar-refractivity contribution in [3.63, 3.8) is 0 Å². The van der Waals surface area contributed by atoms with E-state index in [0.29, 0.717) is 23.3 Å². The Kier molecular flexibility index (Phi) is 14.9. The Hall–Kier alpha value is -0.340. The predicted octanol–water partition coefficient (Wildman–Crippen LogP) is -4.16. The normalized spacial score (nSPS) is 12.2. The van der Waals surface area contributed by atoms with E-state index in [0.717, 1.165) is 5.56 Å². The van der Waals surface area contributed by atoms with Gasteiger partial charge >= 0.3 is 59.1 Å². The molecule has 0 aliphatic rings. The molecule has 0 spiro atoms. The third-order valence-electron chi connectivity index (χ3n) is 4.97. The summed E-state index contributed by atoms with van der Waals surface area (Å²) in [6.07, 6.45) is 0.835. The molecular weight excluding hydrogens is 506 g/mol. The van der Waals surface area contributed by atoms with Gasteiger partial charge in [0.25, 0.3) is 0 Å². The number of rotatable bonds is 12. The van der Waals surface area contributed by atoms with Crippen LogP contribution in [0.5, 0.6) is 17.2 Å². The van der Waals surface area contributed by atoms with Gasteiger partial charge in [-0.2, -0.15) is 0 Å². The zero-order chi connectivity index (χ0) is 23.9. The van der Waals surface area contributed by atoms with Crippen molar-refractivity contribution in [2.24, 2.45) is 5.92 Å². The van der Waals surface area contributed by atoms with Crippen molar-refractivity contribution in [2.75, 3.05) is 25.7 Å². The third kappa shape index (κ3) is 11.6. The quantitative estimate of drug-likeness (QED) is 0.212. The topological polar surface area (TPSA) is 153 Å². The Morgan fingerprint density at radius 3 is 2.06 bits per heavy atom. The average Bonchev–Trinajstić information content (AvgIpc) is 2.68. The zero-order valence-electron chi connectivity index (χ0n) is 19.8. The molecule has 1 atom stereocenters. The van der Waals surface area contributed by atoms with Gasteiger partial charge in [0.15, 0.2) is 11.5 Å². The number of phenols is 1. The van der Waals surface area contributed by atoms with Gasteiger partial charge in [-0.3, -0.25) is 0 Å². The van der Waals surface area contributed by atoms with Gasteiger partial charge < -0.3 is 23.7 Å². The maximum atomic E-state index is 11.5. The fraction of sp³-hybridized carbons (Fsp3) is 0.429. The van der Waals surface area contributed by atoms with Crippen LogP contribution < -0.4 is 68.6 Å². The molecule has 1 unspecified atom stereocenters. The molecule has 0 fully saturated rings. The Morgan fingerprint density at radius 1 is 0.882 bits per heavy atom. The van der Waals surface area contributed by atoms with Crippen LogP contribution in [0.1, 0.15) is 23.1 Å². The van der Waals surface area contributed by atoms with E-state index in [1.165, 1.54) is 14.2 Å². The van der Waals surface area contributed by atoms with E-state index in [-0.39, 0.29) is 89.9 Å². The zero-order valence-corrected chi connectivity index (χ0v) is 25.4. The van der Waals surface area contributed by atoms with Gasteiger partial charge in [0.05, 0.1) is 34.5 Å². The van der Waals surface area contributed by atoms with Crippen LogP contribution in [-0.4, -0.2) is 56.8 Å². The van der Waals surface area contributed by atoms with E-state index in [4.69, 9.17) is 9.47 Å². The molecule has 0 saturated heterocycles. The van der Waals surface area contributed by atoms with Gasteiger partial charge in [-0.05, 0) is 60.4 Å². The minimum absolute atomic E-state index is 0. The SMILES string of the molecule is COc1cc(CCCS(=O)(=O)[O-])ccc1CC(Cc1cccc(OC)c1O)CS(=O)(=O)[O-].[Na+].[Na+]. The molecule has 0 saturated carbocycles. The molecule has 0 bridgehead atoms. The summed E-state index contributed by atoms with van der Waals surface area (Å²) in [7, 11) is -5.98. The number of hydrogen-bond donors (Lipinski definition) is 1. The maximum absolute atomic E-state index is 11.5. The van der Waals surface area contributed by atoms with Gasteiger partial charge in [-0.15, -0.1) is 0 Å². The number of aromatic hydroxyl groups is 1. The summed E-state index contributed by atoms with van der Waals surface area (Å²) in [6.45, 7) is 0. The summed E-state index contributed by atoms with van der Waals surface area (Å²) >= 11 is 0. The number of methoxy groups -OCH3 is 2. The molecule has 178 valence electrons. The second kappa shape index (κ2) is 15.0. The molecule has 0 aliphatic carbocycles. The van der Waals surface area contributed by atoms with Crippen molar-refractivity contribution in [3.8, 4) is 17.2 Å².